The fourth-order valence-electron chi connectivity index (χ4n) is 3.58. The second-order valence-corrected chi connectivity index (χ2v) is 6.96. The molecule has 2 fully saturated rings. The van der Waals surface area contributed by atoms with Crippen molar-refractivity contribution in [2.45, 2.75) is 39.0 Å². The van der Waals surface area contributed by atoms with Crippen molar-refractivity contribution in [2.24, 2.45) is 11.8 Å². The number of rotatable bonds is 5. The maximum Gasteiger partial charge on any atom is 0.230 e. The van der Waals surface area contributed by atoms with E-state index in [0.717, 1.165) is 42.7 Å². The molecule has 5 heteroatoms. The number of pyridine rings is 1. The summed E-state index contributed by atoms with van der Waals surface area (Å²) in [6, 6.07) is 6.07. The highest BCUT2D eigenvalue weighted by molar-refractivity contribution is 5.99. The molecule has 0 N–H and O–H groups in total. The van der Waals surface area contributed by atoms with Crippen molar-refractivity contribution >= 4 is 17.1 Å². The number of hydrogen-bond donors (Lipinski definition) is 0. The van der Waals surface area contributed by atoms with E-state index < -0.39 is 0 Å². The fourth-order valence-corrected chi connectivity index (χ4v) is 3.58. The van der Waals surface area contributed by atoms with Crippen LogP contribution in [0.1, 0.15) is 38.3 Å². The van der Waals surface area contributed by atoms with Gasteiger partial charge in [-0.2, -0.15) is 5.10 Å². The molecule has 2 aromatic heterocycles. The predicted octanol–water partition coefficient (Wildman–Crippen LogP) is 3.07. The zero-order chi connectivity index (χ0) is 16.5. The molecule has 3 heterocycles. The molecule has 1 saturated heterocycles. The summed E-state index contributed by atoms with van der Waals surface area (Å²) in [6.45, 7) is 4.34. The van der Waals surface area contributed by atoms with Gasteiger partial charge in [-0.25, -0.2) is 4.52 Å². The van der Waals surface area contributed by atoms with Gasteiger partial charge >= 0.3 is 0 Å². The van der Waals surface area contributed by atoms with Gasteiger partial charge in [-0.05, 0) is 50.2 Å². The van der Waals surface area contributed by atoms with E-state index in [-0.39, 0.29) is 11.8 Å². The first-order chi connectivity index (χ1) is 11.8. The maximum atomic E-state index is 13.3. The topological polar surface area (TPSA) is 46.8 Å². The maximum absolute atomic E-state index is 13.3. The molecule has 1 saturated carbocycles. The normalized spacial score (nSPS) is 18.9. The second-order valence-electron chi connectivity index (χ2n) is 6.96. The summed E-state index contributed by atoms with van der Waals surface area (Å²) < 4.78 is 7.35. The number of fused-ring (bicyclic) bond motifs is 1. The molecule has 0 atom stereocenters. The van der Waals surface area contributed by atoms with Gasteiger partial charge in [-0.15, -0.1) is 0 Å². The number of aromatic nitrogens is 2. The molecule has 2 aromatic rings. The van der Waals surface area contributed by atoms with Crippen molar-refractivity contribution in [3.05, 3.63) is 30.1 Å². The highest BCUT2D eigenvalue weighted by Gasteiger charge is 2.34. The van der Waals surface area contributed by atoms with Crippen LogP contribution in [0.5, 0.6) is 0 Å². The molecule has 2 aliphatic rings. The molecule has 0 unspecified atom stereocenters. The third kappa shape index (κ3) is 2.93. The molecule has 24 heavy (non-hydrogen) atoms. The molecule has 0 bridgehead atoms. The average molecular weight is 327 g/mol. The Balaban J connectivity index is 1.74. The van der Waals surface area contributed by atoms with Crippen molar-refractivity contribution in [3.8, 4) is 0 Å². The Morgan fingerprint density at radius 3 is 2.79 bits per heavy atom. The number of amides is 1. The Labute approximate surface area is 142 Å². The van der Waals surface area contributed by atoms with E-state index >= 15 is 0 Å². The first kappa shape index (κ1) is 15.6. The standard InChI is InChI=1S/C19H25N3O2/c1-2-16-18(17-5-3-4-10-22(17)20-16)21(13-14-6-7-14)19(23)15-8-11-24-12-9-15/h3-5,10,14-15H,2,6-9,11-13H2,1H3. The van der Waals surface area contributed by atoms with E-state index in [1.807, 2.05) is 22.8 Å². The summed E-state index contributed by atoms with van der Waals surface area (Å²) in [5, 5.41) is 4.71. The number of ether oxygens (including phenoxy) is 1. The first-order valence-electron chi connectivity index (χ1n) is 9.13. The third-order valence-electron chi connectivity index (χ3n) is 5.16. The number of carbonyl (C=O) groups is 1. The minimum atomic E-state index is 0.0841. The highest BCUT2D eigenvalue weighted by atomic mass is 16.5. The molecule has 0 spiro atoms. The van der Waals surface area contributed by atoms with E-state index in [2.05, 4.69) is 17.9 Å². The van der Waals surface area contributed by atoms with Crippen LogP contribution in [0.15, 0.2) is 24.4 Å². The van der Waals surface area contributed by atoms with Crippen LogP contribution in [0.3, 0.4) is 0 Å². The molecular formula is C19H25N3O2. The van der Waals surface area contributed by atoms with Crippen molar-refractivity contribution in [3.63, 3.8) is 0 Å². The van der Waals surface area contributed by atoms with Crippen molar-refractivity contribution in [2.75, 3.05) is 24.7 Å². The Kier molecular flexibility index (Phi) is 4.27. The lowest BCUT2D eigenvalue weighted by Crippen LogP contribution is -2.40. The van der Waals surface area contributed by atoms with E-state index in [9.17, 15) is 4.79 Å². The quantitative estimate of drug-likeness (QED) is 0.848. The van der Waals surface area contributed by atoms with Gasteiger partial charge in [0.05, 0.1) is 16.9 Å². The monoisotopic (exact) mass is 327 g/mol. The van der Waals surface area contributed by atoms with Gasteiger partial charge < -0.3 is 9.64 Å². The lowest BCUT2D eigenvalue weighted by molar-refractivity contribution is -0.125. The molecule has 5 nitrogen and oxygen atoms in total. The SMILES string of the molecule is CCc1nn2ccccc2c1N(CC1CC1)C(=O)C1CCOCC1. The zero-order valence-electron chi connectivity index (χ0n) is 14.3. The Morgan fingerprint density at radius 2 is 2.08 bits per heavy atom. The molecule has 4 rings (SSSR count). The van der Waals surface area contributed by atoms with Gasteiger partial charge in [0.2, 0.25) is 5.91 Å². The van der Waals surface area contributed by atoms with Gasteiger partial charge in [0.1, 0.15) is 0 Å². The summed E-state index contributed by atoms with van der Waals surface area (Å²) >= 11 is 0. The molecule has 0 aromatic carbocycles. The average Bonchev–Trinajstić information content (AvgIpc) is 3.38. The van der Waals surface area contributed by atoms with Crippen molar-refractivity contribution < 1.29 is 9.53 Å². The van der Waals surface area contributed by atoms with Crippen LogP contribution in [0.4, 0.5) is 5.69 Å². The summed E-state index contributed by atoms with van der Waals surface area (Å²) in [4.78, 5) is 15.4. The van der Waals surface area contributed by atoms with Gasteiger partial charge in [-0.1, -0.05) is 13.0 Å². The number of aryl methyl sites for hydroxylation is 1. The van der Waals surface area contributed by atoms with Crippen LogP contribution in [0, 0.1) is 11.8 Å². The molecule has 1 aliphatic carbocycles. The van der Waals surface area contributed by atoms with E-state index in [1.54, 1.807) is 0 Å². The van der Waals surface area contributed by atoms with Gasteiger partial charge in [-0.3, -0.25) is 4.79 Å². The number of anilines is 1. The van der Waals surface area contributed by atoms with Crippen molar-refractivity contribution in [1.82, 2.24) is 9.61 Å². The van der Waals surface area contributed by atoms with Crippen LogP contribution in [0.25, 0.3) is 5.52 Å². The Bertz CT molecular complexity index is 729. The van der Waals surface area contributed by atoms with Gasteiger partial charge in [0, 0.05) is 31.9 Å². The van der Waals surface area contributed by atoms with E-state index in [4.69, 9.17) is 9.84 Å². The van der Waals surface area contributed by atoms with E-state index in [1.165, 1.54) is 12.8 Å². The van der Waals surface area contributed by atoms with Gasteiger partial charge in [0.15, 0.2) is 0 Å². The summed E-state index contributed by atoms with van der Waals surface area (Å²) in [6.07, 6.45) is 6.93. The largest absolute Gasteiger partial charge is 0.381 e. The number of nitrogens with zero attached hydrogens (tertiary/aromatic N) is 3. The predicted molar refractivity (Wildman–Crippen MR) is 93.2 cm³/mol. The third-order valence-corrected chi connectivity index (χ3v) is 5.16. The molecule has 1 aliphatic heterocycles. The number of carbonyl (C=O) groups excluding carboxylic acids is 1. The fraction of sp³-hybridized carbons (Fsp3) is 0.579. The molecular weight excluding hydrogens is 302 g/mol. The minimum Gasteiger partial charge on any atom is -0.381 e. The Hall–Kier alpha value is -1.88. The smallest absolute Gasteiger partial charge is 0.230 e. The summed E-state index contributed by atoms with van der Waals surface area (Å²) in [5.41, 5.74) is 3.08. The van der Waals surface area contributed by atoms with Crippen LogP contribution >= 0.6 is 0 Å². The van der Waals surface area contributed by atoms with Crippen LogP contribution in [-0.4, -0.2) is 35.3 Å². The lowest BCUT2D eigenvalue weighted by Gasteiger charge is -2.29. The summed E-state index contributed by atoms with van der Waals surface area (Å²) in [5.74, 6) is 0.997. The molecule has 0 radical (unpaired) electrons. The highest BCUT2D eigenvalue weighted by Crippen LogP contribution is 2.36. The van der Waals surface area contributed by atoms with Crippen molar-refractivity contribution in [1.29, 1.82) is 0 Å². The number of hydrogen-bond acceptors (Lipinski definition) is 3. The van der Waals surface area contributed by atoms with Crippen LogP contribution in [-0.2, 0) is 16.0 Å². The zero-order valence-corrected chi connectivity index (χ0v) is 14.3. The van der Waals surface area contributed by atoms with E-state index in [0.29, 0.717) is 19.1 Å². The minimum absolute atomic E-state index is 0.0841. The van der Waals surface area contributed by atoms with Gasteiger partial charge in [0.25, 0.3) is 0 Å². The summed E-state index contributed by atoms with van der Waals surface area (Å²) in [7, 11) is 0. The molecule has 1 amide bonds. The van der Waals surface area contributed by atoms with Crippen LogP contribution in [0.2, 0.25) is 0 Å². The molecule has 128 valence electrons. The van der Waals surface area contributed by atoms with Crippen LogP contribution < -0.4 is 4.90 Å². The lowest BCUT2D eigenvalue weighted by atomic mass is 9.98. The Morgan fingerprint density at radius 1 is 1.29 bits per heavy atom. The first-order valence-corrected chi connectivity index (χ1v) is 9.13. The second kappa shape index (κ2) is 6.55.